The first-order chi connectivity index (χ1) is 16.2. The van der Waals surface area contributed by atoms with Crippen molar-refractivity contribution in [2.24, 2.45) is 0 Å². The maximum atomic E-state index is 12.6. The molecule has 2 aromatic carbocycles. The Morgan fingerprint density at radius 2 is 2.12 bits per heavy atom. The second-order valence-corrected chi connectivity index (χ2v) is 8.36. The third kappa shape index (κ3) is 4.76. The van der Waals surface area contributed by atoms with Crippen molar-refractivity contribution >= 4 is 0 Å². The van der Waals surface area contributed by atoms with E-state index >= 15 is 0 Å². The van der Waals surface area contributed by atoms with Gasteiger partial charge in [-0.05, 0) is 60.7 Å². The molecule has 168 valence electrons. The number of aryl methyl sites for hydroxylation is 1. The molecule has 0 amide bonds. The Bertz CT molecular complexity index is 1260. The largest absolute Gasteiger partial charge is 0.489 e. The van der Waals surface area contributed by atoms with Crippen LogP contribution in [0.3, 0.4) is 0 Å². The summed E-state index contributed by atoms with van der Waals surface area (Å²) < 4.78 is 19.1. The van der Waals surface area contributed by atoms with Crippen LogP contribution in [-0.2, 0) is 24.3 Å². The molecule has 3 aromatic rings. The number of nitrogens with zero attached hydrogens (tertiary/aromatic N) is 3. The molecule has 7 nitrogen and oxygen atoms in total. The third-order valence-corrected chi connectivity index (χ3v) is 6.12. The van der Waals surface area contributed by atoms with Gasteiger partial charge in [-0.15, -0.1) is 0 Å². The van der Waals surface area contributed by atoms with E-state index in [9.17, 15) is 4.79 Å². The average Bonchev–Trinajstić information content (AvgIpc) is 3.36. The molecule has 1 atom stereocenters. The lowest BCUT2D eigenvalue weighted by molar-refractivity contribution is 0.0896. The SMILES string of the molecule is N#Cc1cccc(COc2ccc3c(c2)CCn2c-3cc(OCCC3CCCO3)nc2=O)c1. The third-order valence-electron chi connectivity index (χ3n) is 6.12. The summed E-state index contributed by atoms with van der Waals surface area (Å²) in [6.45, 7) is 2.25. The van der Waals surface area contributed by atoms with Gasteiger partial charge < -0.3 is 14.2 Å². The summed E-state index contributed by atoms with van der Waals surface area (Å²) in [4.78, 5) is 16.7. The number of hydrogen-bond donors (Lipinski definition) is 0. The van der Waals surface area contributed by atoms with Gasteiger partial charge in [0.05, 0.1) is 30.0 Å². The molecule has 2 aliphatic heterocycles. The minimum atomic E-state index is -0.289. The minimum Gasteiger partial charge on any atom is -0.489 e. The molecule has 0 bridgehead atoms. The molecule has 0 radical (unpaired) electrons. The molecule has 2 aliphatic rings. The van der Waals surface area contributed by atoms with E-state index in [0.717, 1.165) is 60.4 Å². The van der Waals surface area contributed by atoms with Gasteiger partial charge in [-0.25, -0.2) is 4.79 Å². The highest BCUT2D eigenvalue weighted by Gasteiger charge is 2.20. The van der Waals surface area contributed by atoms with Crippen molar-refractivity contribution in [2.45, 2.75) is 44.9 Å². The number of aromatic nitrogens is 2. The van der Waals surface area contributed by atoms with Crippen molar-refractivity contribution < 1.29 is 14.2 Å². The number of hydrogen-bond acceptors (Lipinski definition) is 6. The maximum Gasteiger partial charge on any atom is 0.351 e. The molecule has 33 heavy (non-hydrogen) atoms. The highest BCUT2D eigenvalue weighted by molar-refractivity contribution is 5.67. The monoisotopic (exact) mass is 443 g/mol. The van der Waals surface area contributed by atoms with Crippen LogP contribution in [0.4, 0.5) is 0 Å². The summed E-state index contributed by atoms with van der Waals surface area (Å²) in [7, 11) is 0. The Hall–Kier alpha value is -3.63. The standard InChI is InChI=1S/C26H25N3O4/c27-16-18-3-1-4-19(13-18)17-33-22-6-7-23-20(14-22)8-10-29-24(23)15-25(28-26(29)30)32-12-9-21-5-2-11-31-21/h1,3-4,6-7,13-15,21H,2,5,8-12,17H2. The Kier molecular flexibility index (Phi) is 6.09. The molecule has 3 heterocycles. The van der Waals surface area contributed by atoms with Crippen LogP contribution in [0.15, 0.2) is 53.3 Å². The van der Waals surface area contributed by atoms with Crippen molar-refractivity contribution in [3.05, 3.63) is 75.7 Å². The predicted molar refractivity (Wildman–Crippen MR) is 122 cm³/mol. The Morgan fingerprint density at radius 1 is 1.18 bits per heavy atom. The number of benzene rings is 2. The van der Waals surface area contributed by atoms with Crippen molar-refractivity contribution in [1.82, 2.24) is 9.55 Å². The summed E-state index contributed by atoms with van der Waals surface area (Å²) >= 11 is 0. The Labute approximate surface area is 192 Å². The van der Waals surface area contributed by atoms with E-state index in [0.29, 0.717) is 31.2 Å². The topological polar surface area (TPSA) is 86.4 Å². The van der Waals surface area contributed by atoms with Gasteiger partial charge in [0.15, 0.2) is 0 Å². The van der Waals surface area contributed by atoms with Gasteiger partial charge in [0.2, 0.25) is 5.88 Å². The fourth-order valence-electron chi connectivity index (χ4n) is 4.41. The maximum absolute atomic E-state index is 12.6. The van der Waals surface area contributed by atoms with E-state index in [1.807, 2.05) is 42.5 Å². The fraction of sp³-hybridized carbons (Fsp3) is 0.346. The van der Waals surface area contributed by atoms with Crippen LogP contribution in [0.2, 0.25) is 0 Å². The number of nitriles is 1. The second-order valence-electron chi connectivity index (χ2n) is 8.36. The quantitative estimate of drug-likeness (QED) is 0.551. The molecule has 0 N–H and O–H groups in total. The minimum absolute atomic E-state index is 0.241. The lowest BCUT2D eigenvalue weighted by Crippen LogP contribution is -2.28. The number of ether oxygens (including phenoxy) is 3. The van der Waals surface area contributed by atoms with Crippen molar-refractivity contribution in [3.8, 4) is 29.0 Å². The lowest BCUT2D eigenvalue weighted by Gasteiger charge is -2.22. The summed E-state index contributed by atoms with van der Waals surface area (Å²) in [6, 6.07) is 17.3. The van der Waals surface area contributed by atoms with Gasteiger partial charge in [0.1, 0.15) is 12.4 Å². The van der Waals surface area contributed by atoms with Crippen molar-refractivity contribution in [3.63, 3.8) is 0 Å². The van der Waals surface area contributed by atoms with Crippen LogP contribution in [0.5, 0.6) is 11.6 Å². The smallest absolute Gasteiger partial charge is 0.351 e. The Morgan fingerprint density at radius 3 is 2.97 bits per heavy atom. The van der Waals surface area contributed by atoms with Crippen LogP contribution in [0.1, 0.15) is 36.0 Å². The van der Waals surface area contributed by atoms with Crippen LogP contribution < -0.4 is 15.2 Å². The van der Waals surface area contributed by atoms with Gasteiger partial charge in [-0.3, -0.25) is 4.57 Å². The van der Waals surface area contributed by atoms with E-state index < -0.39 is 0 Å². The average molecular weight is 444 g/mol. The molecular formula is C26H25N3O4. The van der Waals surface area contributed by atoms with Gasteiger partial charge in [0.25, 0.3) is 0 Å². The molecule has 1 aromatic heterocycles. The van der Waals surface area contributed by atoms with Gasteiger partial charge in [-0.2, -0.15) is 10.2 Å². The molecule has 0 spiro atoms. The van der Waals surface area contributed by atoms with Crippen LogP contribution >= 0.6 is 0 Å². The molecule has 1 fully saturated rings. The molecule has 1 unspecified atom stereocenters. The molecule has 7 heteroatoms. The lowest BCUT2D eigenvalue weighted by atomic mass is 9.97. The summed E-state index contributed by atoms with van der Waals surface area (Å²) in [5.41, 5.74) is 4.20. The van der Waals surface area contributed by atoms with Crippen LogP contribution in [0.25, 0.3) is 11.3 Å². The molecule has 1 saturated heterocycles. The summed E-state index contributed by atoms with van der Waals surface area (Å²) in [5.74, 6) is 1.11. The molecule has 0 aliphatic carbocycles. The number of fused-ring (bicyclic) bond motifs is 3. The van der Waals surface area contributed by atoms with E-state index in [-0.39, 0.29) is 11.8 Å². The first-order valence-corrected chi connectivity index (χ1v) is 11.3. The number of rotatable bonds is 7. The highest BCUT2D eigenvalue weighted by Crippen LogP contribution is 2.32. The molecular weight excluding hydrogens is 418 g/mol. The van der Waals surface area contributed by atoms with Crippen LogP contribution in [0, 0.1) is 11.3 Å². The molecule has 5 rings (SSSR count). The van der Waals surface area contributed by atoms with E-state index in [4.69, 9.17) is 19.5 Å². The second kappa shape index (κ2) is 9.47. The van der Waals surface area contributed by atoms with E-state index in [1.165, 1.54) is 0 Å². The van der Waals surface area contributed by atoms with Gasteiger partial charge in [-0.1, -0.05) is 12.1 Å². The fourth-order valence-corrected chi connectivity index (χ4v) is 4.41. The highest BCUT2D eigenvalue weighted by atomic mass is 16.5. The predicted octanol–water partition coefficient (Wildman–Crippen LogP) is 3.86. The van der Waals surface area contributed by atoms with Crippen molar-refractivity contribution in [1.29, 1.82) is 5.26 Å². The van der Waals surface area contributed by atoms with Crippen molar-refractivity contribution in [2.75, 3.05) is 13.2 Å². The van der Waals surface area contributed by atoms with Gasteiger partial charge in [0, 0.05) is 31.2 Å². The summed E-state index contributed by atoms with van der Waals surface area (Å²) in [5, 5.41) is 9.06. The normalized spacial score (nSPS) is 16.5. The Balaban J connectivity index is 1.31. The molecule has 0 saturated carbocycles. The van der Waals surface area contributed by atoms with E-state index in [2.05, 4.69) is 11.1 Å². The zero-order valence-corrected chi connectivity index (χ0v) is 18.3. The zero-order valence-electron chi connectivity index (χ0n) is 18.3. The van der Waals surface area contributed by atoms with Gasteiger partial charge >= 0.3 is 5.69 Å². The first-order valence-electron chi connectivity index (χ1n) is 11.3. The summed E-state index contributed by atoms with van der Waals surface area (Å²) in [6.07, 6.45) is 3.92. The first kappa shape index (κ1) is 21.2. The van der Waals surface area contributed by atoms with Crippen LogP contribution in [-0.4, -0.2) is 28.9 Å². The zero-order chi connectivity index (χ0) is 22.6. The van der Waals surface area contributed by atoms with E-state index in [1.54, 1.807) is 10.6 Å².